The molecular weight excluding hydrogens is 258 g/mol. The van der Waals surface area contributed by atoms with Crippen LogP contribution in [-0.4, -0.2) is 56.6 Å². The minimum absolute atomic E-state index is 0.0226. The third kappa shape index (κ3) is 2.11. The smallest absolute Gasteiger partial charge is 0.351 e. The first-order chi connectivity index (χ1) is 8.95. The van der Waals surface area contributed by atoms with E-state index in [1.807, 2.05) is 0 Å². The Kier molecular flexibility index (Phi) is 3.56. The highest BCUT2D eigenvalue weighted by Gasteiger charge is 2.55. The van der Waals surface area contributed by atoms with E-state index in [4.69, 9.17) is 15.2 Å². The maximum atomic E-state index is 11.7. The minimum Gasteiger partial charge on any atom is -0.391 e. The average molecular weight is 273 g/mol. The summed E-state index contributed by atoms with van der Waals surface area (Å²) in [5.41, 5.74) is 4.60. The topological polar surface area (TPSA) is 140 Å². The molecule has 1 saturated heterocycles. The molecule has 1 aromatic rings. The number of aromatic nitrogens is 2. The van der Waals surface area contributed by atoms with Crippen molar-refractivity contribution in [2.75, 3.05) is 19.5 Å². The van der Waals surface area contributed by atoms with Crippen LogP contribution < -0.4 is 11.4 Å². The predicted molar refractivity (Wildman–Crippen MR) is 61.9 cm³/mol. The van der Waals surface area contributed by atoms with Crippen molar-refractivity contribution in [2.24, 2.45) is 0 Å². The Labute approximate surface area is 107 Å². The van der Waals surface area contributed by atoms with E-state index in [0.29, 0.717) is 0 Å². The van der Waals surface area contributed by atoms with Gasteiger partial charge in [0.1, 0.15) is 24.6 Å². The van der Waals surface area contributed by atoms with Gasteiger partial charge in [-0.3, -0.25) is 4.57 Å². The van der Waals surface area contributed by atoms with Crippen molar-refractivity contribution in [3.8, 4) is 0 Å². The van der Waals surface area contributed by atoms with Crippen LogP contribution in [0.25, 0.3) is 0 Å². The molecule has 9 heteroatoms. The Bertz CT molecular complexity index is 514. The lowest BCUT2D eigenvalue weighted by Crippen LogP contribution is -2.47. The molecule has 0 saturated carbocycles. The number of nitrogens with two attached hydrogens (primary N) is 1. The van der Waals surface area contributed by atoms with Gasteiger partial charge in [0.05, 0.1) is 0 Å². The summed E-state index contributed by atoms with van der Waals surface area (Å²) in [5, 5.41) is 29.0. The SMILES string of the molecule is COC1(CO)OC(n2ccc(N)nc2=O)C(O)C1O. The highest BCUT2D eigenvalue weighted by Crippen LogP contribution is 2.36. The van der Waals surface area contributed by atoms with Gasteiger partial charge < -0.3 is 30.5 Å². The van der Waals surface area contributed by atoms with Gasteiger partial charge in [-0.15, -0.1) is 0 Å². The predicted octanol–water partition coefficient (Wildman–Crippen LogP) is -2.59. The number of aliphatic hydroxyl groups excluding tert-OH is 3. The summed E-state index contributed by atoms with van der Waals surface area (Å²) in [5.74, 6) is -1.76. The van der Waals surface area contributed by atoms with Gasteiger partial charge in [0.25, 0.3) is 0 Å². The number of aliphatic hydroxyl groups is 3. The van der Waals surface area contributed by atoms with Crippen LogP contribution >= 0.6 is 0 Å². The summed E-state index contributed by atoms with van der Waals surface area (Å²) >= 11 is 0. The molecule has 9 nitrogen and oxygen atoms in total. The van der Waals surface area contributed by atoms with Crippen molar-refractivity contribution in [3.05, 3.63) is 22.7 Å². The Balaban J connectivity index is 2.39. The maximum absolute atomic E-state index is 11.7. The number of anilines is 1. The lowest BCUT2D eigenvalue weighted by Gasteiger charge is -2.27. The lowest BCUT2D eigenvalue weighted by molar-refractivity contribution is -0.269. The van der Waals surface area contributed by atoms with E-state index in [1.165, 1.54) is 19.4 Å². The summed E-state index contributed by atoms with van der Waals surface area (Å²) in [7, 11) is 1.21. The molecule has 0 amide bonds. The molecule has 0 aromatic carbocycles. The van der Waals surface area contributed by atoms with Gasteiger partial charge in [0, 0.05) is 13.3 Å². The van der Waals surface area contributed by atoms with Gasteiger partial charge in [0.2, 0.25) is 5.79 Å². The van der Waals surface area contributed by atoms with Crippen LogP contribution in [0.2, 0.25) is 0 Å². The van der Waals surface area contributed by atoms with Crippen molar-refractivity contribution < 1.29 is 24.8 Å². The summed E-state index contributed by atoms with van der Waals surface area (Å²) in [4.78, 5) is 15.1. The maximum Gasteiger partial charge on any atom is 0.351 e. The second kappa shape index (κ2) is 4.87. The fourth-order valence-electron chi connectivity index (χ4n) is 1.97. The monoisotopic (exact) mass is 273 g/mol. The number of methoxy groups -OCH3 is 1. The van der Waals surface area contributed by atoms with Crippen LogP contribution in [0.3, 0.4) is 0 Å². The number of hydrogen-bond donors (Lipinski definition) is 4. The molecule has 1 aromatic heterocycles. The third-order valence-electron chi connectivity index (χ3n) is 3.08. The highest BCUT2D eigenvalue weighted by molar-refractivity contribution is 5.23. The van der Waals surface area contributed by atoms with E-state index in [9.17, 15) is 20.1 Å². The quantitative estimate of drug-likeness (QED) is 0.470. The first-order valence-corrected chi connectivity index (χ1v) is 5.50. The van der Waals surface area contributed by atoms with Gasteiger partial charge in [-0.05, 0) is 6.07 Å². The van der Waals surface area contributed by atoms with Crippen LogP contribution in [0.1, 0.15) is 6.23 Å². The van der Waals surface area contributed by atoms with Crippen molar-refractivity contribution in [3.63, 3.8) is 0 Å². The van der Waals surface area contributed by atoms with Gasteiger partial charge in [-0.2, -0.15) is 4.98 Å². The Morgan fingerprint density at radius 1 is 1.63 bits per heavy atom. The molecule has 2 heterocycles. The van der Waals surface area contributed by atoms with E-state index in [1.54, 1.807) is 0 Å². The summed E-state index contributed by atoms with van der Waals surface area (Å²) in [6.07, 6.45) is -2.94. The molecule has 1 aliphatic heterocycles. The summed E-state index contributed by atoms with van der Waals surface area (Å²) < 4.78 is 11.2. The van der Waals surface area contributed by atoms with Crippen LogP contribution in [0.4, 0.5) is 5.82 Å². The summed E-state index contributed by atoms with van der Waals surface area (Å²) in [6, 6.07) is 1.34. The van der Waals surface area contributed by atoms with Crippen molar-refractivity contribution >= 4 is 5.82 Å². The number of hydrogen-bond acceptors (Lipinski definition) is 8. The van der Waals surface area contributed by atoms with Crippen LogP contribution in [0.15, 0.2) is 17.1 Å². The highest BCUT2D eigenvalue weighted by atomic mass is 16.7. The molecule has 106 valence electrons. The molecule has 1 aliphatic rings. The van der Waals surface area contributed by atoms with Crippen LogP contribution in [0.5, 0.6) is 0 Å². The van der Waals surface area contributed by atoms with Gasteiger partial charge in [-0.25, -0.2) is 4.79 Å². The largest absolute Gasteiger partial charge is 0.391 e. The second-order valence-corrected chi connectivity index (χ2v) is 4.16. The van der Waals surface area contributed by atoms with E-state index < -0.39 is 36.5 Å². The van der Waals surface area contributed by atoms with E-state index in [0.717, 1.165) is 4.57 Å². The molecule has 0 aliphatic carbocycles. The molecule has 19 heavy (non-hydrogen) atoms. The fraction of sp³-hybridized carbons (Fsp3) is 0.600. The van der Waals surface area contributed by atoms with E-state index >= 15 is 0 Å². The average Bonchev–Trinajstić information content (AvgIpc) is 2.64. The molecule has 0 radical (unpaired) electrons. The Hall–Kier alpha value is -1.52. The Morgan fingerprint density at radius 2 is 2.32 bits per heavy atom. The van der Waals surface area contributed by atoms with E-state index in [2.05, 4.69) is 4.98 Å². The van der Waals surface area contributed by atoms with Gasteiger partial charge in [0.15, 0.2) is 6.23 Å². The lowest BCUT2D eigenvalue weighted by atomic mass is 10.1. The molecule has 0 spiro atoms. The first-order valence-electron chi connectivity index (χ1n) is 5.50. The normalized spacial score (nSPS) is 34.6. The zero-order valence-electron chi connectivity index (χ0n) is 10.1. The van der Waals surface area contributed by atoms with Crippen molar-refractivity contribution in [1.29, 1.82) is 0 Å². The fourth-order valence-corrected chi connectivity index (χ4v) is 1.97. The van der Waals surface area contributed by atoms with Crippen LogP contribution in [0, 0.1) is 0 Å². The van der Waals surface area contributed by atoms with Crippen molar-refractivity contribution in [2.45, 2.75) is 24.2 Å². The standard InChI is InChI=1S/C10H15N3O6/c1-18-10(4-14)7(16)6(15)8(19-10)13-3-2-5(11)12-9(13)17/h2-3,6-8,14-16H,4H2,1H3,(H2,11,12,17). The molecular formula is C10H15N3O6. The summed E-state index contributed by atoms with van der Waals surface area (Å²) in [6.45, 7) is -0.685. The molecule has 5 N–H and O–H groups in total. The Morgan fingerprint density at radius 3 is 2.79 bits per heavy atom. The zero-order valence-corrected chi connectivity index (χ0v) is 10.1. The molecule has 4 unspecified atom stereocenters. The number of rotatable bonds is 3. The van der Waals surface area contributed by atoms with E-state index in [-0.39, 0.29) is 5.82 Å². The number of nitrogen functional groups attached to an aromatic ring is 1. The third-order valence-corrected chi connectivity index (χ3v) is 3.08. The zero-order chi connectivity index (χ0) is 14.2. The molecule has 4 atom stereocenters. The first kappa shape index (κ1) is 13.9. The number of nitrogens with zero attached hydrogens (tertiary/aromatic N) is 2. The second-order valence-electron chi connectivity index (χ2n) is 4.16. The molecule has 2 rings (SSSR count). The minimum atomic E-state index is -1.79. The number of ether oxygens (including phenoxy) is 2. The van der Waals surface area contributed by atoms with Crippen LogP contribution in [-0.2, 0) is 9.47 Å². The van der Waals surface area contributed by atoms with Gasteiger partial charge >= 0.3 is 5.69 Å². The van der Waals surface area contributed by atoms with Gasteiger partial charge in [-0.1, -0.05) is 0 Å². The van der Waals surface area contributed by atoms with Crippen molar-refractivity contribution in [1.82, 2.24) is 9.55 Å². The molecule has 0 bridgehead atoms. The molecule has 1 fully saturated rings.